The zero-order valence-electron chi connectivity index (χ0n) is 10.8. The van der Waals surface area contributed by atoms with Crippen LogP contribution in [0.3, 0.4) is 0 Å². The molecule has 19 heavy (non-hydrogen) atoms. The number of amides is 2. The minimum Gasteiger partial charge on any atom is -0.480 e. The van der Waals surface area contributed by atoms with Crippen LogP contribution in [-0.2, 0) is 4.79 Å². The Morgan fingerprint density at radius 2 is 1.84 bits per heavy atom. The fourth-order valence-corrected chi connectivity index (χ4v) is 1.28. The van der Waals surface area contributed by atoms with Gasteiger partial charge in [-0.3, -0.25) is 4.79 Å². The molecule has 0 aromatic rings. The zero-order chi connectivity index (χ0) is 15.1. The van der Waals surface area contributed by atoms with Gasteiger partial charge in [0.05, 0.1) is 0 Å². The van der Waals surface area contributed by atoms with E-state index in [1.54, 1.807) is 0 Å². The third kappa shape index (κ3) is 10.1. The first-order valence-corrected chi connectivity index (χ1v) is 5.58. The lowest BCUT2D eigenvalue weighted by atomic mass is 10.4. The number of hydrogen-bond donors (Lipinski definition) is 2. The lowest BCUT2D eigenvalue weighted by Crippen LogP contribution is -2.47. The SMILES string of the molecule is CN(C)CCCNC(=O)N(CC(=O)O)CC(F)(F)F. The number of carbonyl (C=O) groups excluding carboxylic acids is 1. The lowest BCUT2D eigenvalue weighted by molar-refractivity contribution is -0.148. The van der Waals surface area contributed by atoms with Crippen molar-refractivity contribution in [3.05, 3.63) is 0 Å². The maximum atomic E-state index is 12.2. The van der Waals surface area contributed by atoms with Crippen LogP contribution in [0.25, 0.3) is 0 Å². The van der Waals surface area contributed by atoms with Gasteiger partial charge < -0.3 is 20.2 Å². The molecule has 6 nitrogen and oxygen atoms in total. The van der Waals surface area contributed by atoms with Crippen molar-refractivity contribution in [1.82, 2.24) is 15.1 Å². The summed E-state index contributed by atoms with van der Waals surface area (Å²) >= 11 is 0. The summed E-state index contributed by atoms with van der Waals surface area (Å²) < 4.78 is 36.6. The predicted octanol–water partition coefficient (Wildman–Crippen LogP) is 0.597. The third-order valence-corrected chi connectivity index (χ3v) is 2.04. The van der Waals surface area contributed by atoms with Crippen LogP contribution in [0.4, 0.5) is 18.0 Å². The molecule has 0 saturated carbocycles. The summed E-state index contributed by atoms with van der Waals surface area (Å²) in [5, 5.41) is 10.7. The number of nitrogens with one attached hydrogen (secondary N) is 1. The van der Waals surface area contributed by atoms with E-state index >= 15 is 0 Å². The molecule has 0 saturated heterocycles. The molecule has 0 radical (unpaired) electrons. The predicted molar refractivity (Wildman–Crippen MR) is 61.8 cm³/mol. The zero-order valence-corrected chi connectivity index (χ0v) is 10.8. The van der Waals surface area contributed by atoms with Crippen molar-refractivity contribution < 1.29 is 27.9 Å². The average molecular weight is 285 g/mol. The first-order valence-electron chi connectivity index (χ1n) is 5.58. The van der Waals surface area contributed by atoms with E-state index in [1.807, 2.05) is 19.0 Å². The number of alkyl halides is 3. The van der Waals surface area contributed by atoms with E-state index in [9.17, 15) is 22.8 Å². The van der Waals surface area contributed by atoms with Gasteiger partial charge in [0, 0.05) is 6.54 Å². The molecule has 2 amide bonds. The fourth-order valence-electron chi connectivity index (χ4n) is 1.28. The summed E-state index contributed by atoms with van der Waals surface area (Å²) in [6.45, 7) is -1.72. The molecule has 0 unspecified atom stereocenters. The molecule has 2 N–H and O–H groups in total. The Kier molecular flexibility index (Phi) is 7.20. The largest absolute Gasteiger partial charge is 0.480 e. The van der Waals surface area contributed by atoms with Gasteiger partial charge in [0.15, 0.2) is 0 Å². The average Bonchev–Trinajstić information content (AvgIpc) is 2.20. The van der Waals surface area contributed by atoms with Crippen LogP contribution in [0.1, 0.15) is 6.42 Å². The molecule has 0 fully saturated rings. The van der Waals surface area contributed by atoms with Crippen LogP contribution in [0.2, 0.25) is 0 Å². The van der Waals surface area contributed by atoms with Crippen LogP contribution in [0, 0.1) is 0 Å². The van der Waals surface area contributed by atoms with Crippen LogP contribution < -0.4 is 5.32 Å². The Balaban J connectivity index is 4.26. The van der Waals surface area contributed by atoms with E-state index in [-0.39, 0.29) is 11.4 Å². The normalized spacial score (nSPS) is 11.5. The number of carboxylic acids is 1. The van der Waals surface area contributed by atoms with Crippen molar-refractivity contribution in [3.63, 3.8) is 0 Å². The quantitative estimate of drug-likeness (QED) is 0.672. The van der Waals surface area contributed by atoms with E-state index in [4.69, 9.17) is 5.11 Å². The molecule has 0 heterocycles. The van der Waals surface area contributed by atoms with Crippen LogP contribution in [0.15, 0.2) is 0 Å². The number of nitrogens with zero attached hydrogens (tertiary/aromatic N) is 2. The Bertz CT molecular complexity index is 308. The molecule has 0 aromatic heterocycles. The molecular formula is C10H18F3N3O3. The highest BCUT2D eigenvalue weighted by Crippen LogP contribution is 2.16. The van der Waals surface area contributed by atoms with E-state index < -0.39 is 31.3 Å². The number of halogens is 3. The molecule has 112 valence electrons. The Labute approximate surface area is 109 Å². The second-order valence-electron chi connectivity index (χ2n) is 4.25. The second kappa shape index (κ2) is 7.82. The molecule has 0 spiro atoms. The minimum atomic E-state index is -4.63. The first kappa shape index (κ1) is 17.5. The van der Waals surface area contributed by atoms with Crippen molar-refractivity contribution in [2.24, 2.45) is 0 Å². The van der Waals surface area contributed by atoms with Crippen molar-refractivity contribution >= 4 is 12.0 Å². The molecule has 0 atom stereocenters. The van der Waals surface area contributed by atoms with Gasteiger partial charge in [-0.05, 0) is 27.1 Å². The van der Waals surface area contributed by atoms with E-state index in [0.29, 0.717) is 13.0 Å². The van der Waals surface area contributed by atoms with Gasteiger partial charge in [0.25, 0.3) is 0 Å². The summed E-state index contributed by atoms with van der Waals surface area (Å²) in [5.74, 6) is -1.49. The van der Waals surface area contributed by atoms with Gasteiger partial charge >= 0.3 is 18.2 Å². The molecule has 0 aliphatic heterocycles. The van der Waals surface area contributed by atoms with Gasteiger partial charge in [-0.2, -0.15) is 13.2 Å². The smallest absolute Gasteiger partial charge is 0.406 e. The molecule has 0 bridgehead atoms. The first-order chi connectivity index (χ1) is 8.61. The standard InChI is InChI=1S/C10H18F3N3O3/c1-15(2)5-3-4-14-9(19)16(6-8(17)18)7-10(11,12)13/h3-7H2,1-2H3,(H,14,19)(H,17,18). The molecule has 0 rings (SSSR count). The Hall–Kier alpha value is -1.51. The number of rotatable bonds is 7. The summed E-state index contributed by atoms with van der Waals surface area (Å²) in [4.78, 5) is 23.9. The summed E-state index contributed by atoms with van der Waals surface area (Å²) in [7, 11) is 3.64. The van der Waals surface area contributed by atoms with E-state index in [2.05, 4.69) is 5.32 Å². The van der Waals surface area contributed by atoms with Crippen LogP contribution in [0.5, 0.6) is 0 Å². The molecule has 0 aromatic carbocycles. The van der Waals surface area contributed by atoms with Crippen molar-refractivity contribution in [2.45, 2.75) is 12.6 Å². The van der Waals surface area contributed by atoms with E-state index in [0.717, 1.165) is 0 Å². The van der Waals surface area contributed by atoms with Crippen molar-refractivity contribution in [1.29, 1.82) is 0 Å². The summed E-state index contributed by atoms with van der Waals surface area (Å²) in [6.07, 6.45) is -4.07. The summed E-state index contributed by atoms with van der Waals surface area (Å²) in [6, 6.07) is -1.03. The highest BCUT2D eigenvalue weighted by Gasteiger charge is 2.33. The highest BCUT2D eigenvalue weighted by molar-refractivity contribution is 5.80. The monoisotopic (exact) mass is 285 g/mol. The van der Waals surface area contributed by atoms with Gasteiger partial charge in [0.1, 0.15) is 13.1 Å². The van der Waals surface area contributed by atoms with Gasteiger partial charge in [0.2, 0.25) is 0 Å². The third-order valence-electron chi connectivity index (χ3n) is 2.04. The topological polar surface area (TPSA) is 72.9 Å². The van der Waals surface area contributed by atoms with Crippen LogP contribution >= 0.6 is 0 Å². The van der Waals surface area contributed by atoms with Gasteiger partial charge in [-0.1, -0.05) is 0 Å². The number of aliphatic carboxylic acids is 1. The van der Waals surface area contributed by atoms with Gasteiger partial charge in [-0.25, -0.2) is 4.79 Å². The summed E-state index contributed by atoms with van der Waals surface area (Å²) in [5.41, 5.74) is 0. The minimum absolute atomic E-state index is 0.186. The van der Waals surface area contributed by atoms with Crippen LogP contribution in [-0.4, -0.2) is 73.4 Å². The van der Waals surface area contributed by atoms with E-state index in [1.165, 1.54) is 0 Å². The molecular weight excluding hydrogens is 267 g/mol. The number of carboxylic acid groups (broad SMARTS) is 1. The Morgan fingerprint density at radius 3 is 2.26 bits per heavy atom. The molecule has 0 aliphatic carbocycles. The maximum absolute atomic E-state index is 12.2. The van der Waals surface area contributed by atoms with Crippen molar-refractivity contribution in [3.8, 4) is 0 Å². The molecule has 0 aliphatic rings. The molecule has 9 heteroatoms. The second-order valence-corrected chi connectivity index (χ2v) is 4.25. The highest BCUT2D eigenvalue weighted by atomic mass is 19.4. The fraction of sp³-hybridized carbons (Fsp3) is 0.800. The van der Waals surface area contributed by atoms with Gasteiger partial charge in [-0.15, -0.1) is 0 Å². The number of hydrogen-bond acceptors (Lipinski definition) is 3. The number of urea groups is 1. The number of carbonyl (C=O) groups is 2. The van der Waals surface area contributed by atoms with Crippen molar-refractivity contribution in [2.75, 3.05) is 40.3 Å². The lowest BCUT2D eigenvalue weighted by Gasteiger charge is -2.22. The maximum Gasteiger partial charge on any atom is 0.406 e. The Morgan fingerprint density at radius 1 is 1.26 bits per heavy atom.